The molecule has 0 spiro atoms. The quantitative estimate of drug-likeness (QED) is 0.850. The third-order valence-electron chi connectivity index (χ3n) is 4.58. The van der Waals surface area contributed by atoms with E-state index in [0.717, 1.165) is 24.5 Å². The average Bonchev–Trinajstić information content (AvgIpc) is 2.64. The molecule has 0 unspecified atom stereocenters. The van der Waals surface area contributed by atoms with Crippen molar-refractivity contribution in [2.45, 2.75) is 38.7 Å². The van der Waals surface area contributed by atoms with Gasteiger partial charge in [-0.2, -0.15) is 0 Å². The van der Waals surface area contributed by atoms with Gasteiger partial charge in [0.1, 0.15) is 11.6 Å². The Morgan fingerprint density at radius 3 is 2.38 bits per heavy atom. The van der Waals surface area contributed by atoms with Gasteiger partial charge in [-0.15, -0.1) is 0 Å². The van der Waals surface area contributed by atoms with Gasteiger partial charge in [0.25, 0.3) is 5.91 Å². The van der Waals surface area contributed by atoms with Gasteiger partial charge in [-0.1, -0.05) is 12.1 Å². The first kappa shape index (κ1) is 18.2. The molecule has 0 saturated carbocycles. The summed E-state index contributed by atoms with van der Waals surface area (Å²) in [6.45, 7) is 5.41. The van der Waals surface area contributed by atoms with Gasteiger partial charge in [0.05, 0.1) is 11.4 Å². The van der Waals surface area contributed by atoms with Crippen molar-refractivity contribution in [3.05, 3.63) is 54.3 Å². The van der Waals surface area contributed by atoms with Crippen LogP contribution < -0.4 is 15.0 Å². The Morgan fingerprint density at radius 2 is 1.69 bits per heavy atom. The number of carbonyl (C=O) groups is 1. The third-order valence-corrected chi connectivity index (χ3v) is 4.58. The predicted octanol–water partition coefficient (Wildman–Crippen LogP) is 4.61. The zero-order valence-electron chi connectivity index (χ0n) is 15.3. The molecule has 1 aliphatic rings. The van der Waals surface area contributed by atoms with Crippen molar-refractivity contribution < 1.29 is 13.9 Å². The molecule has 0 aliphatic carbocycles. The van der Waals surface area contributed by atoms with Gasteiger partial charge >= 0.3 is 0 Å². The number of ether oxygens (including phenoxy) is 1. The lowest BCUT2D eigenvalue weighted by Crippen LogP contribution is -2.43. The van der Waals surface area contributed by atoms with Gasteiger partial charge in [0.2, 0.25) is 0 Å². The Labute approximate surface area is 154 Å². The van der Waals surface area contributed by atoms with E-state index in [0.29, 0.717) is 5.75 Å². The first-order chi connectivity index (χ1) is 12.5. The number of hydrogen-bond acceptors (Lipinski definition) is 3. The molecule has 2 aromatic carbocycles. The van der Waals surface area contributed by atoms with Crippen LogP contribution in [0, 0.1) is 5.82 Å². The minimum absolute atomic E-state index is 0.244. The van der Waals surface area contributed by atoms with Gasteiger partial charge in [0, 0.05) is 13.1 Å². The van der Waals surface area contributed by atoms with Crippen LogP contribution in [0.5, 0.6) is 5.75 Å². The number of para-hydroxylation sites is 2. The van der Waals surface area contributed by atoms with E-state index in [4.69, 9.17) is 4.74 Å². The van der Waals surface area contributed by atoms with Gasteiger partial charge in [0.15, 0.2) is 5.60 Å². The molecule has 4 nitrogen and oxygen atoms in total. The number of halogens is 1. The molecule has 26 heavy (non-hydrogen) atoms. The molecular formula is C21H25FN2O2. The van der Waals surface area contributed by atoms with Crippen LogP contribution in [-0.2, 0) is 4.79 Å². The van der Waals surface area contributed by atoms with E-state index in [-0.39, 0.29) is 11.7 Å². The highest BCUT2D eigenvalue weighted by Gasteiger charge is 2.31. The number of benzene rings is 2. The summed E-state index contributed by atoms with van der Waals surface area (Å²) >= 11 is 0. The van der Waals surface area contributed by atoms with Crippen LogP contribution in [0.2, 0.25) is 0 Å². The van der Waals surface area contributed by atoms with Gasteiger partial charge in [-0.3, -0.25) is 4.79 Å². The molecule has 1 amide bonds. The fourth-order valence-electron chi connectivity index (χ4n) is 3.11. The molecule has 1 saturated heterocycles. The van der Waals surface area contributed by atoms with E-state index >= 15 is 0 Å². The summed E-state index contributed by atoms with van der Waals surface area (Å²) in [5.74, 6) is -0.128. The van der Waals surface area contributed by atoms with Crippen LogP contribution in [0.25, 0.3) is 0 Å². The molecule has 2 aromatic rings. The molecule has 0 radical (unpaired) electrons. The summed E-state index contributed by atoms with van der Waals surface area (Å²) in [5.41, 5.74) is 0.737. The SMILES string of the molecule is CC(C)(Oc1ccc(F)cc1)C(=O)Nc1ccccc1N1CCCCC1. The number of nitrogens with one attached hydrogen (secondary N) is 1. The first-order valence-electron chi connectivity index (χ1n) is 9.06. The molecule has 1 aliphatic heterocycles. The Morgan fingerprint density at radius 1 is 1.04 bits per heavy atom. The molecule has 138 valence electrons. The van der Waals surface area contributed by atoms with Crippen LogP contribution >= 0.6 is 0 Å². The first-order valence-corrected chi connectivity index (χ1v) is 9.06. The number of rotatable bonds is 5. The van der Waals surface area contributed by atoms with Crippen molar-refractivity contribution in [3.63, 3.8) is 0 Å². The highest BCUT2D eigenvalue weighted by atomic mass is 19.1. The zero-order valence-corrected chi connectivity index (χ0v) is 15.3. The maximum atomic E-state index is 13.0. The van der Waals surface area contributed by atoms with Gasteiger partial charge in [-0.25, -0.2) is 4.39 Å². The second-order valence-corrected chi connectivity index (χ2v) is 7.09. The number of nitrogens with zero attached hydrogens (tertiary/aromatic N) is 1. The van der Waals surface area contributed by atoms with E-state index in [9.17, 15) is 9.18 Å². The predicted molar refractivity (Wildman–Crippen MR) is 102 cm³/mol. The summed E-state index contributed by atoms with van der Waals surface area (Å²) in [6.07, 6.45) is 3.59. The number of amides is 1. The topological polar surface area (TPSA) is 41.6 Å². The number of carbonyl (C=O) groups excluding carboxylic acids is 1. The fraction of sp³-hybridized carbons (Fsp3) is 0.381. The van der Waals surface area contributed by atoms with Crippen LogP contribution in [0.1, 0.15) is 33.1 Å². The van der Waals surface area contributed by atoms with Gasteiger partial charge in [-0.05, 0) is 69.5 Å². The standard InChI is InChI=1S/C21H25FN2O2/c1-21(2,26-17-12-10-16(22)11-13-17)20(25)23-18-8-4-5-9-19(18)24-14-6-3-7-15-24/h4-5,8-13H,3,6-7,14-15H2,1-2H3,(H,23,25). The minimum atomic E-state index is -1.09. The number of piperidine rings is 1. The van der Waals surface area contributed by atoms with Crippen molar-refractivity contribution in [1.82, 2.24) is 0 Å². The van der Waals surface area contributed by atoms with Crippen LogP contribution in [-0.4, -0.2) is 24.6 Å². The van der Waals surface area contributed by atoms with Crippen molar-refractivity contribution in [3.8, 4) is 5.75 Å². The van der Waals surface area contributed by atoms with Crippen molar-refractivity contribution in [2.75, 3.05) is 23.3 Å². The monoisotopic (exact) mass is 356 g/mol. The van der Waals surface area contributed by atoms with Crippen molar-refractivity contribution >= 4 is 17.3 Å². The second-order valence-electron chi connectivity index (χ2n) is 7.09. The fourth-order valence-corrected chi connectivity index (χ4v) is 3.11. The largest absolute Gasteiger partial charge is 0.478 e. The molecule has 1 heterocycles. The Bertz CT molecular complexity index is 753. The highest BCUT2D eigenvalue weighted by molar-refractivity contribution is 5.99. The van der Waals surface area contributed by atoms with E-state index in [1.807, 2.05) is 24.3 Å². The molecule has 1 fully saturated rings. The van der Waals surface area contributed by atoms with E-state index in [1.165, 1.54) is 43.5 Å². The third kappa shape index (κ3) is 4.34. The summed E-state index contributed by atoms with van der Waals surface area (Å²) in [7, 11) is 0. The number of hydrogen-bond donors (Lipinski definition) is 1. The molecule has 3 rings (SSSR count). The number of anilines is 2. The van der Waals surface area contributed by atoms with Crippen molar-refractivity contribution in [2.24, 2.45) is 0 Å². The molecule has 5 heteroatoms. The highest BCUT2D eigenvalue weighted by Crippen LogP contribution is 2.29. The van der Waals surface area contributed by atoms with Crippen LogP contribution in [0.3, 0.4) is 0 Å². The lowest BCUT2D eigenvalue weighted by molar-refractivity contribution is -0.128. The van der Waals surface area contributed by atoms with E-state index < -0.39 is 5.60 Å². The maximum absolute atomic E-state index is 13.0. The van der Waals surface area contributed by atoms with Gasteiger partial charge < -0.3 is 15.0 Å². The normalized spacial score (nSPS) is 14.8. The Kier molecular flexibility index (Phi) is 5.45. The van der Waals surface area contributed by atoms with E-state index in [1.54, 1.807) is 13.8 Å². The molecule has 1 N–H and O–H groups in total. The summed E-state index contributed by atoms with van der Waals surface area (Å²) in [5, 5.41) is 3.00. The molecule has 0 atom stereocenters. The average molecular weight is 356 g/mol. The smallest absolute Gasteiger partial charge is 0.268 e. The summed E-state index contributed by atoms with van der Waals surface area (Å²) in [4.78, 5) is 15.1. The van der Waals surface area contributed by atoms with Crippen molar-refractivity contribution in [1.29, 1.82) is 0 Å². The lowest BCUT2D eigenvalue weighted by atomic mass is 10.1. The van der Waals surface area contributed by atoms with Crippen LogP contribution in [0.15, 0.2) is 48.5 Å². The minimum Gasteiger partial charge on any atom is -0.478 e. The maximum Gasteiger partial charge on any atom is 0.268 e. The van der Waals surface area contributed by atoms with E-state index in [2.05, 4.69) is 10.2 Å². The second kappa shape index (κ2) is 7.77. The summed E-state index contributed by atoms with van der Waals surface area (Å²) < 4.78 is 18.8. The van der Waals surface area contributed by atoms with Crippen LogP contribution in [0.4, 0.5) is 15.8 Å². The summed E-state index contributed by atoms with van der Waals surface area (Å²) in [6, 6.07) is 13.5. The zero-order chi connectivity index (χ0) is 18.6. The lowest BCUT2D eigenvalue weighted by Gasteiger charge is -2.31. The Balaban J connectivity index is 1.73. The molecule has 0 aromatic heterocycles. The molecular weight excluding hydrogens is 331 g/mol. The Hall–Kier alpha value is -2.56. The molecule has 0 bridgehead atoms.